The summed E-state index contributed by atoms with van der Waals surface area (Å²) in [4.78, 5) is 26.0. The fraction of sp³-hybridized carbons (Fsp3) is 0.368. The van der Waals surface area contributed by atoms with E-state index in [0.29, 0.717) is 11.5 Å². The van der Waals surface area contributed by atoms with E-state index in [1.54, 1.807) is 32.4 Å². The Bertz CT molecular complexity index is 799. The molecule has 1 aliphatic rings. The average molecular weight is 359 g/mol. The molecule has 0 bridgehead atoms. The lowest BCUT2D eigenvalue weighted by Crippen LogP contribution is -2.29. The van der Waals surface area contributed by atoms with Crippen LogP contribution in [0, 0.1) is 5.92 Å². The highest BCUT2D eigenvalue weighted by Gasteiger charge is 2.42. The van der Waals surface area contributed by atoms with Crippen LogP contribution in [0.15, 0.2) is 40.8 Å². The third-order valence-corrected chi connectivity index (χ3v) is 4.62. The predicted octanol–water partition coefficient (Wildman–Crippen LogP) is 2.38. The highest BCUT2D eigenvalue weighted by atomic mass is 16.5. The summed E-state index contributed by atoms with van der Waals surface area (Å²) in [5.41, 5.74) is 0.789. The third kappa shape index (κ3) is 3.43. The number of furan rings is 1. The Balaban J connectivity index is 1.84. The largest absolute Gasteiger partial charge is 0.496 e. The highest BCUT2D eigenvalue weighted by Crippen LogP contribution is 2.38. The zero-order valence-corrected chi connectivity index (χ0v) is 14.7. The molecule has 2 heterocycles. The summed E-state index contributed by atoms with van der Waals surface area (Å²) in [6.07, 6.45) is 0. The van der Waals surface area contributed by atoms with E-state index in [2.05, 4.69) is 0 Å². The topological polar surface area (TPSA) is 89.2 Å². The molecule has 1 fully saturated rings. The number of hydrogen-bond donors (Lipinski definition) is 1. The number of carbonyl (C=O) groups is 2. The van der Waals surface area contributed by atoms with Gasteiger partial charge in [-0.25, -0.2) is 0 Å². The minimum atomic E-state index is -0.935. The Hall–Kier alpha value is -2.80. The van der Waals surface area contributed by atoms with Gasteiger partial charge in [0.05, 0.1) is 13.0 Å². The van der Waals surface area contributed by atoms with Crippen LogP contribution in [0.25, 0.3) is 0 Å². The van der Waals surface area contributed by atoms with E-state index in [1.165, 1.54) is 4.90 Å². The Morgan fingerprint density at radius 1 is 1.19 bits per heavy atom. The van der Waals surface area contributed by atoms with Crippen molar-refractivity contribution in [1.29, 1.82) is 0 Å². The number of para-hydroxylation sites is 1. The van der Waals surface area contributed by atoms with E-state index < -0.39 is 11.9 Å². The molecular weight excluding hydrogens is 338 g/mol. The smallest absolute Gasteiger partial charge is 0.308 e. The fourth-order valence-corrected chi connectivity index (χ4v) is 3.38. The van der Waals surface area contributed by atoms with Gasteiger partial charge in [-0.2, -0.15) is 0 Å². The summed E-state index contributed by atoms with van der Waals surface area (Å²) < 4.78 is 15.8. The average Bonchev–Trinajstić information content (AvgIpc) is 3.28. The van der Waals surface area contributed by atoms with Gasteiger partial charge in [-0.3, -0.25) is 9.59 Å². The van der Waals surface area contributed by atoms with Crippen molar-refractivity contribution in [2.24, 2.45) is 5.92 Å². The molecular formula is C19H21NO6. The summed E-state index contributed by atoms with van der Waals surface area (Å²) in [6.45, 7) is 0.683. The number of ether oxygens (including phenoxy) is 2. The van der Waals surface area contributed by atoms with Crippen molar-refractivity contribution in [1.82, 2.24) is 4.90 Å². The zero-order valence-electron chi connectivity index (χ0n) is 14.7. The first kappa shape index (κ1) is 18.0. The van der Waals surface area contributed by atoms with Gasteiger partial charge >= 0.3 is 5.97 Å². The molecule has 0 aliphatic carbocycles. The van der Waals surface area contributed by atoms with Gasteiger partial charge in [0.2, 0.25) is 0 Å². The minimum absolute atomic E-state index is 0.122. The van der Waals surface area contributed by atoms with Crippen LogP contribution >= 0.6 is 0 Å². The van der Waals surface area contributed by atoms with E-state index in [1.807, 2.05) is 18.2 Å². The molecule has 1 aromatic carbocycles. The number of carboxylic acid groups (broad SMARTS) is 1. The van der Waals surface area contributed by atoms with E-state index >= 15 is 0 Å². The van der Waals surface area contributed by atoms with Gasteiger partial charge in [0.15, 0.2) is 5.76 Å². The maximum atomic E-state index is 12.7. The first-order valence-corrected chi connectivity index (χ1v) is 8.27. The maximum absolute atomic E-state index is 12.7. The molecule has 1 aliphatic heterocycles. The molecule has 2 atom stereocenters. The normalized spacial score (nSPS) is 19.5. The van der Waals surface area contributed by atoms with Crippen molar-refractivity contribution in [3.8, 4) is 5.75 Å². The van der Waals surface area contributed by atoms with E-state index in [0.717, 1.165) is 5.56 Å². The van der Waals surface area contributed by atoms with Crippen molar-refractivity contribution < 1.29 is 28.6 Å². The lowest BCUT2D eigenvalue weighted by atomic mass is 9.88. The second-order valence-corrected chi connectivity index (χ2v) is 6.20. The van der Waals surface area contributed by atoms with Gasteiger partial charge in [0.25, 0.3) is 5.91 Å². The van der Waals surface area contributed by atoms with Gasteiger partial charge in [0.1, 0.15) is 18.1 Å². The van der Waals surface area contributed by atoms with Gasteiger partial charge in [0, 0.05) is 26.1 Å². The molecule has 1 amide bonds. The van der Waals surface area contributed by atoms with E-state index in [9.17, 15) is 14.7 Å². The number of carbonyl (C=O) groups excluding carboxylic acids is 1. The van der Waals surface area contributed by atoms with Crippen LogP contribution in [0.5, 0.6) is 5.75 Å². The number of carboxylic acids is 1. The second kappa shape index (κ2) is 7.61. The van der Waals surface area contributed by atoms with E-state index in [4.69, 9.17) is 13.9 Å². The molecule has 3 rings (SSSR count). The number of benzene rings is 1. The van der Waals surface area contributed by atoms with Crippen LogP contribution in [0.4, 0.5) is 0 Å². The number of rotatable bonds is 6. The number of amides is 1. The molecule has 1 aromatic heterocycles. The molecule has 2 aromatic rings. The second-order valence-electron chi connectivity index (χ2n) is 6.20. The maximum Gasteiger partial charge on any atom is 0.308 e. The van der Waals surface area contributed by atoms with Crippen LogP contribution in [0.3, 0.4) is 0 Å². The summed E-state index contributed by atoms with van der Waals surface area (Å²) in [5.74, 6) is -0.956. The predicted molar refractivity (Wildman–Crippen MR) is 92.2 cm³/mol. The third-order valence-electron chi connectivity index (χ3n) is 4.62. The molecule has 1 saturated heterocycles. The Morgan fingerprint density at radius 2 is 1.96 bits per heavy atom. The molecule has 1 N–H and O–H groups in total. The summed E-state index contributed by atoms with van der Waals surface area (Å²) in [6, 6.07) is 10.6. The molecule has 26 heavy (non-hydrogen) atoms. The molecule has 0 spiro atoms. The lowest BCUT2D eigenvalue weighted by Gasteiger charge is -2.18. The van der Waals surface area contributed by atoms with Gasteiger partial charge in [-0.05, 0) is 23.8 Å². The molecule has 7 nitrogen and oxygen atoms in total. The first-order chi connectivity index (χ1) is 12.5. The van der Waals surface area contributed by atoms with Gasteiger partial charge in [-0.15, -0.1) is 0 Å². The number of likely N-dealkylation sites (tertiary alicyclic amines) is 1. The van der Waals surface area contributed by atoms with Gasteiger partial charge < -0.3 is 23.9 Å². The van der Waals surface area contributed by atoms with E-state index in [-0.39, 0.29) is 37.3 Å². The summed E-state index contributed by atoms with van der Waals surface area (Å²) >= 11 is 0. The van der Waals surface area contributed by atoms with Crippen LogP contribution in [0.2, 0.25) is 0 Å². The minimum Gasteiger partial charge on any atom is -0.496 e. The Morgan fingerprint density at radius 3 is 2.65 bits per heavy atom. The fourth-order valence-electron chi connectivity index (χ4n) is 3.38. The number of hydrogen-bond acceptors (Lipinski definition) is 5. The Kier molecular flexibility index (Phi) is 5.27. The standard InChI is InChI=1S/C19H21NO6/c1-24-11-12-7-8-17(26-12)18(21)20-9-14(15(10-20)19(22)23)13-5-3-4-6-16(13)25-2/h3-8,14-15H,9-11H2,1-2H3,(H,22,23). The molecule has 0 saturated carbocycles. The Labute approximate surface area is 151 Å². The van der Waals surface area contributed by atoms with Crippen LogP contribution < -0.4 is 4.74 Å². The number of methoxy groups -OCH3 is 2. The SMILES string of the molecule is COCc1ccc(C(=O)N2CC(C(=O)O)C(c3ccccc3OC)C2)o1. The van der Waals surface area contributed by atoms with Crippen molar-refractivity contribution in [2.45, 2.75) is 12.5 Å². The molecule has 138 valence electrons. The molecule has 0 radical (unpaired) electrons. The lowest BCUT2D eigenvalue weighted by molar-refractivity contribution is -0.141. The highest BCUT2D eigenvalue weighted by molar-refractivity contribution is 5.92. The van der Waals surface area contributed by atoms with Crippen LogP contribution in [-0.2, 0) is 16.1 Å². The summed E-state index contributed by atoms with van der Waals surface area (Å²) in [5, 5.41) is 9.63. The van der Waals surface area contributed by atoms with Crippen molar-refractivity contribution in [2.75, 3.05) is 27.3 Å². The van der Waals surface area contributed by atoms with Crippen LogP contribution in [0.1, 0.15) is 27.8 Å². The molecule has 7 heteroatoms. The van der Waals surface area contributed by atoms with Crippen molar-refractivity contribution in [3.05, 3.63) is 53.5 Å². The van der Waals surface area contributed by atoms with Crippen molar-refractivity contribution >= 4 is 11.9 Å². The first-order valence-electron chi connectivity index (χ1n) is 8.27. The van der Waals surface area contributed by atoms with Crippen molar-refractivity contribution in [3.63, 3.8) is 0 Å². The van der Waals surface area contributed by atoms with Crippen LogP contribution in [-0.4, -0.2) is 49.2 Å². The van der Waals surface area contributed by atoms with Gasteiger partial charge in [-0.1, -0.05) is 18.2 Å². The number of aliphatic carboxylic acids is 1. The monoisotopic (exact) mass is 359 g/mol. The summed E-state index contributed by atoms with van der Waals surface area (Å²) in [7, 11) is 3.09. The number of nitrogens with zero attached hydrogens (tertiary/aromatic N) is 1. The quantitative estimate of drug-likeness (QED) is 0.852. The zero-order chi connectivity index (χ0) is 18.7. The molecule has 2 unspecified atom stereocenters.